The molecule has 0 radical (unpaired) electrons. The molecule has 0 spiro atoms. The fourth-order valence-corrected chi connectivity index (χ4v) is 2.38. The number of benzene rings is 1. The van der Waals surface area contributed by atoms with Crippen molar-refractivity contribution in [3.8, 4) is 5.75 Å². The highest BCUT2D eigenvalue weighted by atomic mass is 16.5. The summed E-state index contributed by atoms with van der Waals surface area (Å²) in [7, 11) is 0. The first-order valence-electron chi connectivity index (χ1n) is 7.05. The van der Waals surface area contributed by atoms with Gasteiger partial charge in [-0.05, 0) is 37.6 Å². The van der Waals surface area contributed by atoms with Crippen LogP contribution in [0.15, 0.2) is 18.2 Å². The van der Waals surface area contributed by atoms with E-state index in [1.807, 2.05) is 25.1 Å². The van der Waals surface area contributed by atoms with Gasteiger partial charge in [-0.15, -0.1) is 0 Å². The Balaban J connectivity index is 2.12. The van der Waals surface area contributed by atoms with E-state index in [-0.39, 0.29) is 18.4 Å². The van der Waals surface area contributed by atoms with Crippen molar-refractivity contribution in [2.75, 3.05) is 11.9 Å². The van der Waals surface area contributed by atoms with Crippen molar-refractivity contribution < 1.29 is 19.4 Å². The highest BCUT2D eigenvalue weighted by Crippen LogP contribution is 2.30. The minimum absolute atomic E-state index is 0.0603. The molecule has 114 valence electrons. The van der Waals surface area contributed by atoms with Gasteiger partial charge in [-0.2, -0.15) is 0 Å². The van der Waals surface area contributed by atoms with Crippen LogP contribution in [-0.4, -0.2) is 35.7 Å². The van der Waals surface area contributed by atoms with E-state index in [0.29, 0.717) is 24.4 Å². The molecule has 1 heterocycles. The molecule has 2 unspecified atom stereocenters. The lowest BCUT2D eigenvalue weighted by molar-refractivity contribution is -0.137. The van der Waals surface area contributed by atoms with Gasteiger partial charge in [-0.1, -0.05) is 13.0 Å². The first-order valence-corrected chi connectivity index (χ1v) is 7.05. The van der Waals surface area contributed by atoms with Crippen molar-refractivity contribution in [1.82, 2.24) is 5.32 Å². The number of rotatable bonds is 6. The summed E-state index contributed by atoms with van der Waals surface area (Å²) in [6.45, 7) is 4.34. The van der Waals surface area contributed by atoms with Gasteiger partial charge in [0.25, 0.3) is 5.91 Å². The van der Waals surface area contributed by atoms with Crippen molar-refractivity contribution in [3.63, 3.8) is 0 Å². The van der Waals surface area contributed by atoms with E-state index in [4.69, 9.17) is 9.84 Å². The van der Waals surface area contributed by atoms with E-state index >= 15 is 0 Å². The summed E-state index contributed by atoms with van der Waals surface area (Å²) in [5.74, 6) is -0.359. The second-order valence-corrected chi connectivity index (χ2v) is 5.14. The Hall–Kier alpha value is -2.08. The molecule has 3 N–H and O–H groups in total. The topological polar surface area (TPSA) is 87.7 Å². The van der Waals surface area contributed by atoms with E-state index < -0.39 is 12.1 Å². The monoisotopic (exact) mass is 292 g/mol. The second-order valence-electron chi connectivity index (χ2n) is 5.14. The molecule has 1 amide bonds. The molecule has 2 rings (SSSR count). The van der Waals surface area contributed by atoms with Gasteiger partial charge in [0.15, 0.2) is 6.10 Å². The number of hydrogen-bond donors (Lipinski definition) is 3. The molecule has 6 heteroatoms. The summed E-state index contributed by atoms with van der Waals surface area (Å²) >= 11 is 0. The third-order valence-electron chi connectivity index (χ3n) is 3.37. The highest BCUT2D eigenvalue weighted by Gasteiger charge is 2.24. The fraction of sp³-hybridized carbons (Fsp3) is 0.467. The van der Waals surface area contributed by atoms with Gasteiger partial charge >= 0.3 is 5.97 Å². The Morgan fingerprint density at radius 3 is 2.95 bits per heavy atom. The van der Waals surface area contributed by atoms with Crippen molar-refractivity contribution in [2.45, 2.75) is 38.8 Å². The second kappa shape index (κ2) is 6.58. The van der Waals surface area contributed by atoms with Crippen LogP contribution < -0.4 is 15.4 Å². The van der Waals surface area contributed by atoms with Crippen molar-refractivity contribution in [3.05, 3.63) is 23.8 Å². The molecule has 1 aliphatic rings. The third-order valence-corrected chi connectivity index (χ3v) is 3.37. The molecule has 6 nitrogen and oxygen atoms in total. The summed E-state index contributed by atoms with van der Waals surface area (Å²) in [4.78, 5) is 22.5. The summed E-state index contributed by atoms with van der Waals surface area (Å²) in [6, 6.07) is 5.41. The number of likely N-dealkylation sites (N-methyl/N-ethyl adjacent to an activating group) is 1. The van der Waals surface area contributed by atoms with Gasteiger partial charge in [0.2, 0.25) is 0 Å². The molecule has 0 bridgehead atoms. The van der Waals surface area contributed by atoms with Crippen LogP contribution in [0, 0.1) is 0 Å². The van der Waals surface area contributed by atoms with Crippen LogP contribution in [0.1, 0.15) is 25.8 Å². The zero-order chi connectivity index (χ0) is 15.4. The van der Waals surface area contributed by atoms with Crippen LogP contribution in [0.5, 0.6) is 5.75 Å². The summed E-state index contributed by atoms with van der Waals surface area (Å²) in [6.07, 6.45) is 0.147. The Morgan fingerprint density at radius 1 is 1.52 bits per heavy atom. The molecule has 0 aliphatic carbocycles. The average molecular weight is 292 g/mol. The Labute approximate surface area is 123 Å². The van der Waals surface area contributed by atoms with Gasteiger partial charge in [-0.25, -0.2) is 0 Å². The summed E-state index contributed by atoms with van der Waals surface area (Å²) in [5.41, 5.74) is 1.60. The van der Waals surface area contributed by atoms with E-state index in [1.165, 1.54) is 0 Å². The molecule has 0 fully saturated rings. The molecule has 1 aromatic rings. The Kier molecular flexibility index (Phi) is 4.80. The van der Waals surface area contributed by atoms with Crippen LogP contribution in [0.2, 0.25) is 0 Å². The third kappa shape index (κ3) is 3.95. The molecule has 0 saturated carbocycles. The molecule has 1 aromatic carbocycles. The number of anilines is 1. The average Bonchev–Trinajstić information content (AvgIpc) is 2.40. The Morgan fingerprint density at radius 2 is 2.29 bits per heavy atom. The highest BCUT2D eigenvalue weighted by molar-refractivity contribution is 5.97. The number of carboxylic acids is 1. The lowest BCUT2D eigenvalue weighted by Gasteiger charge is -2.24. The van der Waals surface area contributed by atoms with Gasteiger partial charge in [0, 0.05) is 6.04 Å². The normalized spacial score (nSPS) is 18.4. The number of carbonyl (C=O) groups is 2. The maximum Gasteiger partial charge on any atom is 0.304 e. The van der Waals surface area contributed by atoms with Gasteiger partial charge in [-0.3, -0.25) is 9.59 Å². The maximum atomic E-state index is 11.6. The molecule has 0 aromatic heterocycles. The minimum atomic E-state index is -0.829. The zero-order valence-electron chi connectivity index (χ0n) is 12.2. The molecule has 0 saturated heterocycles. The fourth-order valence-electron chi connectivity index (χ4n) is 2.38. The zero-order valence-corrected chi connectivity index (χ0v) is 12.2. The number of aliphatic carboxylic acids is 1. The van der Waals surface area contributed by atoms with Crippen molar-refractivity contribution >= 4 is 17.6 Å². The molecular weight excluding hydrogens is 272 g/mol. The number of hydrogen-bond acceptors (Lipinski definition) is 4. The van der Waals surface area contributed by atoms with Crippen molar-refractivity contribution in [1.29, 1.82) is 0 Å². The van der Waals surface area contributed by atoms with Crippen LogP contribution >= 0.6 is 0 Å². The van der Waals surface area contributed by atoms with Crippen LogP contribution in [0.3, 0.4) is 0 Å². The van der Waals surface area contributed by atoms with E-state index in [0.717, 1.165) is 5.56 Å². The lowest BCUT2D eigenvalue weighted by Crippen LogP contribution is -2.35. The number of amides is 1. The number of ether oxygens (including phenoxy) is 1. The number of fused-ring (bicyclic) bond motifs is 1. The lowest BCUT2D eigenvalue weighted by atomic mass is 10.0. The van der Waals surface area contributed by atoms with Gasteiger partial charge < -0.3 is 20.5 Å². The summed E-state index contributed by atoms with van der Waals surface area (Å²) < 4.78 is 5.49. The molecule has 2 atom stereocenters. The minimum Gasteiger partial charge on any atom is -0.481 e. The van der Waals surface area contributed by atoms with Crippen LogP contribution in [0.25, 0.3) is 0 Å². The SMILES string of the molecule is CCNC(CC(=O)O)Cc1ccc2c(c1)NC(=O)C(C)O2. The standard InChI is InChI=1S/C15H20N2O4/c1-3-16-11(8-14(18)19)6-10-4-5-13-12(7-10)17-15(20)9(2)21-13/h4-5,7,9,11,16H,3,6,8H2,1-2H3,(H,17,20)(H,18,19). The molecule has 21 heavy (non-hydrogen) atoms. The van der Waals surface area contributed by atoms with E-state index in [2.05, 4.69) is 10.6 Å². The smallest absolute Gasteiger partial charge is 0.304 e. The quantitative estimate of drug-likeness (QED) is 0.737. The number of carboxylic acid groups (broad SMARTS) is 1. The van der Waals surface area contributed by atoms with Crippen LogP contribution in [0.4, 0.5) is 5.69 Å². The predicted molar refractivity (Wildman–Crippen MR) is 78.6 cm³/mol. The molecular formula is C15H20N2O4. The number of nitrogens with one attached hydrogen (secondary N) is 2. The first-order chi connectivity index (χ1) is 9.99. The maximum absolute atomic E-state index is 11.6. The summed E-state index contributed by atoms with van der Waals surface area (Å²) in [5, 5.41) is 14.9. The largest absolute Gasteiger partial charge is 0.481 e. The van der Waals surface area contributed by atoms with Gasteiger partial charge in [0.05, 0.1) is 12.1 Å². The van der Waals surface area contributed by atoms with E-state index in [1.54, 1.807) is 6.92 Å². The van der Waals surface area contributed by atoms with Crippen molar-refractivity contribution in [2.24, 2.45) is 0 Å². The first kappa shape index (κ1) is 15.3. The number of carbonyl (C=O) groups excluding carboxylic acids is 1. The van der Waals surface area contributed by atoms with Crippen LogP contribution in [-0.2, 0) is 16.0 Å². The van der Waals surface area contributed by atoms with E-state index in [9.17, 15) is 9.59 Å². The Bertz CT molecular complexity index is 544. The predicted octanol–water partition coefficient (Wildman–Crippen LogP) is 1.40. The molecule has 1 aliphatic heterocycles. The van der Waals surface area contributed by atoms with Gasteiger partial charge in [0.1, 0.15) is 5.75 Å².